The molecule has 0 aromatic heterocycles. The summed E-state index contributed by atoms with van der Waals surface area (Å²) in [5.74, 6) is 0. The molecular formula is C16H23N5O6. The summed E-state index contributed by atoms with van der Waals surface area (Å²) < 4.78 is 5.21. The molecule has 1 heterocycles. The maximum absolute atomic E-state index is 12.4. The Kier molecular flexibility index (Phi) is 6.53. The Morgan fingerprint density at radius 2 is 2.07 bits per heavy atom. The molecule has 1 aliphatic rings. The first-order valence-electron chi connectivity index (χ1n) is 8.43. The Balaban J connectivity index is 1.93. The van der Waals surface area contributed by atoms with Crippen molar-refractivity contribution in [1.29, 1.82) is 0 Å². The average molecular weight is 381 g/mol. The summed E-state index contributed by atoms with van der Waals surface area (Å²) in [6.07, 6.45) is 0.343. The van der Waals surface area contributed by atoms with Gasteiger partial charge in [-0.25, -0.2) is 9.59 Å². The highest BCUT2D eigenvalue weighted by Gasteiger charge is 2.47. The van der Waals surface area contributed by atoms with Crippen LogP contribution >= 0.6 is 0 Å². The molecule has 2 rings (SSSR count). The molecule has 2 unspecified atom stereocenters. The Morgan fingerprint density at radius 1 is 1.41 bits per heavy atom. The lowest BCUT2D eigenvalue weighted by Crippen LogP contribution is -2.59. The van der Waals surface area contributed by atoms with Crippen LogP contribution in [0.4, 0.5) is 15.3 Å². The number of benzene rings is 1. The van der Waals surface area contributed by atoms with Gasteiger partial charge >= 0.3 is 12.1 Å². The highest BCUT2D eigenvalue weighted by molar-refractivity contribution is 5.71. The number of nitrogens with one attached hydrogen (secondary N) is 1. The number of carbonyl (C=O) groups is 2. The van der Waals surface area contributed by atoms with Crippen molar-refractivity contribution in [2.24, 2.45) is 11.5 Å². The second-order valence-electron chi connectivity index (χ2n) is 6.30. The Morgan fingerprint density at radius 3 is 2.67 bits per heavy atom. The summed E-state index contributed by atoms with van der Waals surface area (Å²) in [5.41, 5.74) is 9.95. The molecule has 1 saturated heterocycles. The van der Waals surface area contributed by atoms with Crippen molar-refractivity contribution in [2.45, 2.75) is 37.6 Å². The molecule has 11 nitrogen and oxygen atoms in total. The molecule has 27 heavy (non-hydrogen) atoms. The standard InChI is InChI=1S/C16H23N5O6/c17-13(6-8-19-14(18)22)16(24)7-1-9-20(16)15(23)27-10-11-2-4-12(5-3-11)21(25)26/h2-5,13,24H,1,6-10,17H2,(H3,18,19,22). The normalized spacial score (nSPS) is 20.1. The lowest BCUT2D eigenvalue weighted by molar-refractivity contribution is -0.384. The molecule has 3 amide bonds. The van der Waals surface area contributed by atoms with Crippen LogP contribution in [0.5, 0.6) is 0 Å². The van der Waals surface area contributed by atoms with Gasteiger partial charge < -0.3 is 26.6 Å². The number of likely N-dealkylation sites (tertiary alicyclic amines) is 1. The number of hydrogen-bond acceptors (Lipinski definition) is 7. The molecular weight excluding hydrogens is 358 g/mol. The van der Waals surface area contributed by atoms with Crippen LogP contribution < -0.4 is 16.8 Å². The van der Waals surface area contributed by atoms with Crippen LogP contribution in [-0.2, 0) is 11.3 Å². The van der Waals surface area contributed by atoms with Gasteiger partial charge in [-0.05, 0) is 37.0 Å². The second-order valence-corrected chi connectivity index (χ2v) is 6.30. The fourth-order valence-electron chi connectivity index (χ4n) is 2.98. The van der Waals surface area contributed by atoms with E-state index in [9.17, 15) is 24.8 Å². The van der Waals surface area contributed by atoms with Gasteiger partial charge in [-0.2, -0.15) is 0 Å². The number of amides is 3. The third-order valence-corrected chi connectivity index (χ3v) is 4.47. The van der Waals surface area contributed by atoms with E-state index in [0.29, 0.717) is 12.0 Å². The first-order chi connectivity index (χ1) is 12.7. The van der Waals surface area contributed by atoms with Gasteiger partial charge in [0.15, 0.2) is 5.72 Å². The van der Waals surface area contributed by atoms with Crippen molar-refractivity contribution < 1.29 is 24.4 Å². The molecule has 6 N–H and O–H groups in total. The van der Waals surface area contributed by atoms with Gasteiger partial charge in [-0.3, -0.25) is 15.0 Å². The van der Waals surface area contributed by atoms with Crippen molar-refractivity contribution in [1.82, 2.24) is 10.2 Å². The summed E-state index contributed by atoms with van der Waals surface area (Å²) >= 11 is 0. The third kappa shape index (κ3) is 5.05. The summed E-state index contributed by atoms with van der Waals surface area (Å²) in [7, 11) is 0. The van der Waals surface area contributed by atoms with Crippen molar-refractivity contribution in [3.8, 4) is 0 Å². The molecule has 2 atom stereocenters. The second kappa shape index (κ2) is 8.64. The van der Waals surface area contributed by atoms with E-state index < -0.39 is 28.8 Å². The number of urea groups is 1. The monoisotopic (exact) mass is 381 g/mol. The minimum absolute atomic E-state index is 0.0606. The number of nitro groups is 1. The van der Waals surface area contributed by atoms with Crippen molar-refractivity contribution in [3.05, 3.63) is 39.9 Å². The number of aliphatic hydroxyl groups is 1. The molecule has 0 bridgehead atoms. The lowest BCUT2D eigenvalue weighted by atomic mass is 9.99. The number of nitro benzene ring substituents is 1. The van der Waals surface area contributed by atoms with E-state index >= 15 is 0 Å². The third-order valence-electron chi connectivity index (χ3n) is 4.47. The fraction of sp³-hybridized carbons (Fsp3) is 0.500. The number of nitrogens with two attached hydrogens (primary N) is 2. The van der Waals surface area contributed by atoms with Gasteiger partial charge in [0.05, 0.1) is 11.0 Å². The number of hydrogen-bond donors (Lipinski definition) is 4. The number of nitrogens with zero attached hydrogens (tertiary/aromatic N) is 2. The fourth-order valence-corrected chi connectivity index (χ4v) is 2.98. The molecule has 0 radical (unpaired) electrons. The molecule has 11 heteroatoms. The predicted molar refractivity (Wildman–Crippen MR) is 94.3 cm³/mol. The van der Waals surface area contributed by atoms with E-state index in [1.165, 1.54) is 29.2 Å². The zero-order valence-electron chi connectivity index (χ0n) is 14.7. The first-order valence-corrected chi connectivity index (χ1v) is 8.43. The Labute approximate surface area is 155 Å². The predicted octanol–water partition coefficient (Wildman–Crippen LogP) is 0.402. The van der Waals surface area contributed by atoms with Crippen molar-refractivity contribution >= 4 is 17.8 Å². The maximum Gasteiger partial charge on any atom is 0.412 e. The Bertz CT molecular complexity index is 697. The molecule has 1 aromatic carbocycles. The first kappa shape index (κ1) is 20.4. The van der Waals surface area contributed by atoms with Crippen molar-refractivity contribution in [2.75, 3.05) is 13.1 Å². The molecule has 0 aliphatic carbocycles. The van der Waals surface area contributed by atoms with E-state index in [-0.39, 0.29) is 38.2 Å². The van der Waals surface area contributed by atoms with E-state index in [1.54, 1.807) is 0 Å². The van der Waals surface area contributed by atoms with Crippen LogP contribution in [0.3, 0.4) is 0 Å². The van der Waals surface area contributed by atoms with E-state index in [2.05, 4.69) is 5.32 Å². The van der Waals surface area contributed by atoms with Crippen molar-refractivity contribution in [3.63, 3.8) is 0 Å². The summed E-state index contributed by atoms with van der Waals surface area (Å²) in [6, 6.07) is 4.12. The summed E-state index contributed by atoms with van der Waals surface area (Å²) in [6.45, 7) is 0.360. The highest BCUT2D eigenvalue weighted by atomic mass is 16.6. The molecule has 1 aliphatic heterocycles. The summed E-state index contributed by atoms with van der Waals surface area (Å²) in [5, 5.41) is 23.9. The van der Waals surface area contributed by atoms with Gasteiger partial charge in [0.25, 0.3) is 5.69 Å². The molecule has 148 valence electrons. The van der Waals surface area contributed by atoms with Crippen LogP contribution in [0.1, 0.15) is 24.8 Å². The quantitative estimate of drug-likeness (QED) is 0.390. The topological polar surface area (TPSA) is 174 Å². The van der Waals surface area contributed by atoms with Gasteiger partial charge in [0.1, 0.15) is 6.61 Å². The summed E-state index contributed by atoms with van der Waals surface area (Å²) in [4.78, 5) is 34.4. The van der Waals surface area contributed by atoms with Gasteiger partial charge in [0, 0.05) is 25.2 Å². The van der Waals surface area contributed by atoms with E-state index in [0.717, 1.165) is 0 Å². The van der Waals surface area contributed by atoms with E-state index in [1.807, 2.05) is 0 Å². The lowest BCUT2D eigenvalue weighted by Gasteiger charge is -2.37. The number of ether oxygens (including phenoxy) is 1. The van der Waals surface area contributed by atoms with E-state index in [4.69, 9.17) is 16.2 Å². The number of rotatable bonds is 7. The molecule has 0 saturated carbocycles. The van der Waals surface area contributed by atoms with Gasteiger partial charge in [-0.15, -0.1) is 0 Å². The largest absolute Gasteiger partial charge is 0.444 e. The SMILES string of the molecule is NC(=O)NCCC(N)C1(O)CCCN1C(=O)OCc1ccc([N+](=O)[O-])cc1. The van der Waals surface area contributed by atoms with Gasteiger partial charge in [-0.1, -0.05) is 0 Å². The van der Waals surface area contributed by atoms with Crippen LogP contribution in [-0.4, -0.2) is 51.9 Å². The zero-order valence-corrected chi connectivity index (χ0v) is 14.7. The minimum atomic E-state index is -1.58. The van der Waals surface area contributed by atoms with Gasteiger partial charge in [0.2, 0.25) is 0 Å². The highest BCUT2D eigenvalue weighted by Crippen LogP contribution is 2.31. The number of primary amides is 1. The molecule has 1 fully saturated rings. The number of carbonyl (C=O) groups excluding carboxylic acids is 2. The maximum atomic E-state index is 12.4. The zero-order chi connectivity index (χ0) is 20.0. The van der Waals surface area contributed by atoms with Crippen LogP contribution in [0, 0.1) is 10.1 Å². The number of non-ortho nitro benzene ring substituents is 1. The molecule has 1 aromatic rings. The smallest absolute Gasteiger partial charge is 0.412 e. The van der Waals surface area contributed by atoms with Crippen LogP contribution in [0.25, 0.3) is 0 Å². The van der Waals surface area contributed by atoms with Crippen LogP contribution in [0.15, 0.2) is 24.3 Å². The minimum Gasteiger partial charge on any atom is -0.444 e. The average Bonchev–Trinajstić information content (AvgIpc) is 3.02. The Hall–Kier alpha value is -2.92. The molecule has 0 spiro atoms. The van der Waals surface area contributed by atoms with Crippen LogP contribution in [0.2, 0.25) is 0 Å².